The summed E-state index contributed by atoms with van der Waals surface area (Å²) in [5.74, 6) is 0.424. The first-order chi connectivity index (χ1) is 17.1. The number of likely N-dealkylation sites (N-methyl/N-ethyl adjacent to an activating group) is 1. The molecular weight excluding hydrogens is 482 g/mol. The molecule has 0 aliphatic carbocycles. The van der Waals surface area contributed by atoms with Gasteiger partial charge >= 0.3 is 0 Å². The molecule has 4 aromatic rings. The van der Waals surface area contributed by atoms with Crippen molar-refractivity contribution in [3.05, 3.63) is 65.7 Å². The number of fused-ring (bicyclic) bond motifs is 1. The predicted molar refractivity (Wildman–Crippen MR) is 142 cm³/mol. The fourth-order valence-electron chi connectivity index (χ4n) is 4.21. The van der Waals surface area contributed by atoms with Crippen LogP contribution < -0.4 is 10.2 Å². The van der Waals surface area contributed by atoms with Gasteiger partial charge in [0, 0.05) is 36.8 Å². The molecule has 1 fully saturated rings. The number of benzene rings is 3. The van der Waals surface area contributed by atoms with Crippen LogP contribution in [0, 0.1) is 0 Å². The number of amides is 1. The summed E-state index contributed by atoms with van der Waals surface area (Å²) >= 11 is 7.45. The van der Waals surface area contributed by atoms with Gasteiger partial charge in [-0.15, -0.1) is 10.2 Å². The molecule has 0 atom stereocenters. The summed E-state index contributed by atoms with van der Waals surface area (Å²) in [4.78, 5) is 17.5. The number of thioether (sulfide) groups is 1. The predicted octanol–water partition coefficient (Wildman–Crippen LogP) is 5.42. The molecule has 1 amide bonds. The molecule has 35 heavy (non-hydrogen) atoms. The van der Waals surface area contributed by atoms with Crippen LogP contribution in [-0.4, -0.2) is 59.5 Å². The fraction of sp³-hybridized carbons (Fsp3) is 0.269. The molecule has 0 spiro atoms. The second kappa shape index (κ2) is 10.7. The highest BCUT2D eigenvalue weighted by atomic mass is 35.5. The third kappa shape index (κ3) is 5.61. The van der Waals surface area contributed by atoms with Crippen LogP contribution in [-0.2, 0) is 4.79 Å². The van der Waals surface area contributed by atoms with Gasteiger partial charge in [-0.3, -0.25) is 4.79 Å². The lowest BCUT2D eigenvalue weighted by molar-refractivity contribution is -0.113. The molecule has 3 aromatic carbocycles. The van der Waals surface area contributed by atoms with Crippen molar-refractivity contribution in [2.24, 2.45) is 0 Å². The van der Waals surface area contributed by atoms with Crippen LogP contribution in [0.5, 0.6) is 0 Å². The molecule has 1 saturated heterocycles. The lowest BCUT2D eigenvalue weighted by Gasteiger charge is -2.36. The van der Waals surface area contributed by atoms with Crippen LogP contribution in [0.15, 0.2) is 70.3 Å². The van der Waals surface area contributed by atoms with Gasteiger partial charge in [0.05, 0.1) is 17.1 Å². The Morgan fingerprint density at radius 1 is 1.03 bits per heavy atom. The molecule has 1 aromatic heterocycles. The Kier molecular flexibility index (Phi) is 7.22. The minimum absolute atomic E-state index is 0.148. The molecule has 1 N–H and O–H groups in total. The second-order valence-electron chi connectivity index (χ2n) is 8.35. The van der Waals surface area contributed by atoms with E-state index in [-0.39, 0.29) is 11.7 Å². The first kappa shape index (κ1) is 23.7. The average molecular weight is 508 g/mol. The van der Waals surface area contributed by atoms with Crippen molar-refractivity contribution in [3.63, 3.8) is 0 Å². The topological polar surface area (TPSA) is 74.5 Å². The van der Waals surface area contributed by atoms with E-state index in [1.807, 2.05) is 48.5 Å². The van der Waals surface area contributed by atoms with E-state index in [2.05, 4.69) is 38.3 Å². The largest absolute Gasteiger partial charge is 0.411 e. The Morgan fingerprint density at radius 2 is 1.83 bits per heavy atom. The van der Waals surface area contributed by atoms with E-state index in [4.69, 9.17) is 16.0 Å². The Balaban J connectivity index is 1.22. The zero-order valence-corrected chi connectivity index (χ0v) is 21.0. The summed E-state index contributed by atoms with van der Waals surface area (Å²) in [6.07, 6.45) is 0. The zero-order chi connectivity index (χ0) is 24.2. The molecule has 2 heterocycles. The van der Waals surface area contributed by atoms with Gasteiger partial charge < -0.3 is 19.5 Å². The van der Waals surface area contributed by atoms with Crippen LogP contribution in [0.2, 0.25) is 5.02 Å². The van der Waals surface area contributed by atoms with Crippen molar-refractivity contribution < 1.29 is 9.21 Å². The molecule has 0 unspecified atom stereocenters. The van der Waals surface area contributed by atoms with E-state index in [0.29, 0.717) is 16.1 Å². The van der Waals surface area contributed by atoms with Crippen molar-refractivity contribution >= 4 is 51.4 Å². The van der Waals surface area contributed by atoms with Crippen molar-refractivity contribution in [2.45, 2.75) is 12.1 Å². The van der Waals surface area contributed by atoms with E-state index < -0.39 is 0 Å². The maximum absolute atomic E-state index is 12.8. The molecule has 7 nitrogen and oxygen atoms in total. The van der Waals surface area contributed by atoms with Gasteiger partial charge in [-0.25, -0.2) is 0 Å². The summed E-state index contributed by atoms with van der Waals surface area (Å²) in [5.41, 5.74) is 2.55. The highest BCUT2D eigenvalue weighted by molar-refractivity contribution is 7.99. The van der Waals surface area contributed by atoms with E-state index in [0.717, 1.165) is 60.4 Å². The van der Waals surface area contributed by atoms with Crippen LogP contribution in [0.1, 0.15) is 6.92 Å². The molecule has 5 rings (SSSR count). The lowest BCUT2D eigenvalue weighted by atomic mass is 10.1. The molecule has 0 radical (unpaired) electrons. The molecule has 0 bridgehead atoms. The van der Waals surface area contributed by atoms with Gasteiger partial charge in [0.15, 0.2) is 0 Å². The molecule has 0 saturated carbocycles. The smallest absolute Gasteiger partial charge is 0.277 e. The zero-order valence-electron chi connectivity index (χ0n) is 19.4. The minimum Gasteiger partial charge on any atom is -0.411 e. The molecular formula is C26H26ClN5O2S. The molecule has 1 aliphatic heterocycles. The van der Waals surface area contributed by atoms with Crippen molar-refractivity contribution in [3.8, 4) is 11.5 Å². The summed E-state index contributed by atoms with van der Waals surface area (Å²) in [6.45, 7) is 7.04. The maximum atomic E-state index is 12.8. The highest BCUT2D eigenvalue weighted by Gasteiger charge is 2.20. The highest BCUT2D eigenvalue weighted by Crippen LogP contribution is 2.31. The van der Waals surface area contributed by atoms with Gasteiger partial charge in [0.1, 0.15) is 0 Å². The van der Waals surface area contributed by atoms with Crippen LogP contribution in [0.4, 0.5) is 11.4 Å². The number of halogens is 1. The van der Waals surface area contributed by atoms with Crippen LogP contribution in [0.3, 0.4) is 0 Å². The number of carbonyl (C=O) groups excluding carboxylic acids is 1. The molecule has 9 heteroatoms. The third-order valence-electron chi connectivity index (χ3n) is 6.12. The Morgan fingerprint density at radius 3 is 2.63 bits per heavy atom. The lowest BCUT2D eigenvalue weighted by Crippen LogP contribution is -2.46. The van der Waals surface area contributed by atoms with Crippen molar-refractivity contribution in [1.29, 1.82) is 0 Å². The van der Waals surface area contributed by atoms with E-state index in [9.17, 15) is 4.79 Å². The van der Waals surface area contributed by atoms with Crippen LogP contribution >= 0.6 is 23.4 Å². The molecule has 1 aliphatic rings. The second-order valence-corrected chi connectivity index (χ2v) is 9.72. The third-order valence-corrected chi connectivity index (χ3v) is 7.18. The number of nitrogens with one attached hydrogen (secondary N) is 1. The number of carbonyl (C=O) groups is 1. The van der Waals surface area contributed by atoms with Gasteiger partial charge in [0.2, 0.25) is 11.8 Å². The number of anilines is 2. The number of aromatic nitrogens is 2. The number of piperazine rings is 1. The van der Waals surface area contributed by atoms with Gasteiger partial charge in [-0.1, -0.05) is 60.6 Å². The normalized spacial score (nSPS) is 14.4. The van der Waals surface area contributed by atoms with Gasteiger partial charge in [-0.2, -0.15) is 0 Å². The average Bonchev–Trinajstić information content (AvgIpc) is 3.37. The SMILES string of the molecule is CCN1CCN(c2ccc(Cl)cc2NC(=O)CSc2nnc(-c3ccc4ccccc4c3)o2)CC1. The summed E-state index contributed by atoms with van der Waals surface area (Å²) in [7, 11) is 0. The number of rotatable bonds is 7. The Labute approximate surface area is 213 Å². The van der Waals surface area contributed by atoms with Gasteiger partial charge in [-0.05, 0) is 47.6 Å². The number of nitrogens with zero attached hydrogens (tertiary/aromatic N) is 4. The van der Waals surface area contributed by atoms with E-state index in [1.165, 1.54) is 11.8 Å². The van der Waals surface area contributed by atoms with E-state index >= 15 is 0 Å². The number of hydrogen-bond acceptors (Lipinski definition) is 7. The van der Waals surface area contributed by atoms with Crippen LogP contribution in [0.25, 0.3) is 22.2 Å². The standard InChI is InChI=1S/C26H26ClN5O2S/c1-2-31-11-13-32(14-12-31)23-10-9-21(27)16-22(23)28-24(33)17-35-26-30-29-25(34-26)20-8-7-18-5-3-4-6-19(18)15-20/h3-10,15-16H,2,11-14,17H2,1H3,(H,28,33). The summed E-state index contributed by atoms with van der Waals surface area (Å²) in [5, 5.41) is 14.5. The van der Waals surface area contributed by atoms with Gasteiger partial charge in [0.25, 0.3) is 5.22 Å². The fourth-order valence-corrected chi connectivity index (χ4v) is 4.95. The quantitative estimate of drug-likeness (QED) is 0.335. The van der Waals surface area contributed by atoms with Crippen molar-refractivity contribution in [1.82, 2.24) is 15.1 Å². The summed E-state index contributed by atoms with van der Waals surface area (Å²) < 4.78 is 5.80. The first-order valence-corrected chi connectivity index (χ1v) is 13.0. The maximum Gasteiger partial charge on any atom is 0.277 e. The first-order valence-electron chi connectivity index (χ1n) is 11.6. The van der Waals surface area contributed by atoms with E-state index in [1.54, 1.807) is 6.07 Å². The number of hydrogen-bond donors (Lipinski definition) is 1. The molecule has 180 valence electrons. The summed E-state index contributed by atoms with van der Waals surface area (Å²) in [6, 6.07) is 19.7. The Bertz CT molecular complexity index is 1340. The monoisotopic (exact) mass is 507 g/mol. The minimum atomic E-state index is -0.156. The van der Waals surface area contributed by atoms with Crippen molar-refractivity contribution in [2.75, 3.05) is 48.7 Å². The Hall–Kier alpha value is -3.07.